The zero-order chi connectivity index (χ0) is 10.7. The molecule has 3 N–H and O–H groups in total. The van der Waals surface area contributed by atoms with Crippen molar-refractivity contribution in [2.24, 2.45) is 5.73 Å². The number of non-ortho nitro benzene ring substituents is 1. The van der Waals surface area contributed by atoms with E-state index in [9.17, 15) is 14.9 Å². The van der Waals surface area contributed by atoms with Gasteiger partial charge in [-0.25, -0.2) is 0 Å². The van der Waals surface area contributed by atoms with E-state index >= 15 is 0 Å². The second-order valence-corrected chi connectivity index (χ2v) is 2.67. The number of carbonyl (C=O) groups is 1. The van der Waals surface area contributed by atoms with Gasteiger partial charge in [0.1, 0.15) is 6.04 Å². The van der Waals surface area contributed by atoms with Gasteiger partial charge in [-0.3, -0.25) is 14.9 Å². The summed E-state index contributed by atoms with van der Waals surface area (Å²) in [6.45, 7) is 0. The van der Waals surface area contributed by atoms with Gasteiger partial charge in [0.05, 0.1) is 4.92 Å². The lowest BCUT2D eigenvalue weighted by Gasteiger charge is -2.05. The highest BCUT2D eigenvalue weighted by molar-refractivity contribution is 5.75. The number of benzene rings is 1. The van der Waals surface area contributed by atoms with E-state index in [-0.39, 0.29) is 11.3 Å². The topological polar surface area (TPSA) is 106 Å². The molecule has 0 fully saturated rings. The molecule has 1 aromatic rings. The predicted molar refractivity (Wildman–Crippen MR) is 47.7 cm³/mol. The van der Waals surface area contributed by atoms with Crippen LogP contribution in [0.15, 0.2) is 24.3 Å². The molecule has 0 aliphatic carbocycles. The van der Waals surface area contributed by atoms with Gasteiger partial charge in [-0.15, -0.1) is 0 Å². The van der Waals surface area contributed by atoms with Crippen LogP contribution in [0.5, 0.6) is 0 Å². The Labute approximate surface area is 79.1 Å². The molecule has 0 heterocycles. The zero-order valence-electron chi connectivity index (χ0n) is 7.08. The molecule has 1 rings (SSSR count). The highest BCUT2D eigenvalue weighted by atomic mass is 16.6. The summed E-state index contributed by atoms with van der Waals surface area (Å²) < 4.78 is 0. The van der Waals surface area contributed by atoms with Gasteiger partial charge in [-0.1, -0.05) is 12.1 Å². The van der Waals surface area contributed by atoms with Crippen molar-refractivity contribution in [3.63, 3.8) is 0 Å². The van der Waals surface area contributed by atoms with Crippen molar-refractivity contribution in [1.29, 1.82) is 0 Å². The molecule has 1 unspecified atom stereocenters. The number of nitro groups is 1. The number of aliphatic carboxylic acids is 1. The van der Waals surface area contributed by atoms with E-state index in [1.165, 1.54) is 18.2 Å². The predicted octanol–water partition coefficient (Wildman–Crippen LogP) is 0.679. The lowest BCUT2D eigenvalue weighted by atomic mass is 10.1. The van der Waals surface area contributed by atoms with Crippen molar-refractivity contribution in [2.75, 3.05) is 0 Å². The summed E-state index contributed by atoms with van der Waals surface area (Å²) in [6, 6.07) is 4.04. The quantitative estimate of drug-likeness (QED) is 0.546. The van der Waals surface area contributed by atoms with Crippen LogP contribution in [-0.2, 0) is 4.79 Å². The molecule has 1 aromatic carbocycles. The number of nitro benzene ring substituents is 1. The number of rotatable bonds is 3. The van der Waals surface area contributed by atoms with E-state index in [2.05, 4.69) is 0 Å². The van der Waals surface area contributed by atoms with Gasteiger partial charge in [-0.05, 0) is 5.56 Å². The van der Waals surface area contributed by atoms with E-state index < -0.39 is 16.9 Å². The van der Waals surface area contributed by atoms with E-state index in [1.807, 2.05) is 0 Å². The Balaban J connectivity index is 3.05. The van der Waals surface area contributed by atoms with Crippen LogP contribution in [0.25, 0.3) is 0 Å². The molecule has 1 atom stereocenters. The fourth-order valence-electron chi connectivity index (χ4n) is 0.974. The highest BCUT2D eigenvalue weighted by Crippen LogP contribution is 2.17. The van der Waals surface area contributed by atoms with Crippen LogP contribution < -0.4 is 5.73 Å². The second kappa shape index (κ2) is 3.84. The maximum absolute atomic E-state index is 10.5. The highest BCUT2D eigenvalue weighted by Gasteiger charge is 2.16. The third-order valence-electron chi connectivity index (χ3n) is 1.71. The van der Waals surface area contributed by atoms with Gasteiger partial charge >= 0.3 is 5.97 Å². The third kappa shape index (κ3) is 2.05. The molecule has 0 radical (unpaired) electrons. The van der Waals surface area contributed by atoms with Gasteiger partial charge < -0.3 is 10.8 Å². The Hall–Kier alpha value is -1.95. The third-order valence-corrected chi connectivity index (χ3v) is 1.71. The monoisotopic (exact) mass is 196 g/mol. The minimum absolute atomic E-state index is 0.167. The molecular weight excluding hydrogens is 188 g/mol. The lowest BCUT2D eigenvalue weighted by Crippen LogP contribution is -2.20. The van der Waals surface area contributed by atoms with E-state index in [4.69, 9.17) is 10.8 Å². The van der Waals surface area contributed by atoms with Crippen LogP contribution in [0.3, 0.4) is 0 Å². The Kier molecular flexibility index (Phi) is 2.78. The maximum Gasteiger partial charge on any atom is 0.325 e. The molecule has 0 aliphatic rings. The van der Waals surface area contributed by atoms with Crippen molar-refractivity contribution >= 4 is 11.7 Å². The molecule has 0 saturated heterocycles. The van der Waals surface area contributed by atoms with Crippen LogP contribution >= 0.6 is 0 Å². The first kappa shape index (κ1) is 10.1. The molecule has 0 amide bonds. The molecule has 6 heteroatoms. The summed E-state index contributed by atoms with van der Waals surface area (Å²) in [7, 11) is 0. The van der Waals surface area contributed by atoms with Gasteiger partial charge in [0, 0.05) is 12.1 Å². The maximum atomic E-state index is 10.5. The number of carboxylic acid groups (broad SMARTS) is 1. The molecule has 6 nitrogen and oxygen atoms in total. The molecule has 0 spiro atoms. The van der Waals surface area contributed by atoms with Gasteiger partial charge in [0.2, 0.25) is 0 Å². The smallest absolute Gasteiger partial charge is 0.325 e. The molecule has 0 aromatic heterocycles. The van der Waals surface area contributed by atoms with E-state index in [1.54, 1.807) is 0 Å². The summed E-state index contributed by atoms with van der Waals surface area (Å²) in [6.07, 6.45) is 0. The summed E-state index contributed by atoms with van der Waals surface area (Å²) in [5.41, 5.74) is 5.33. The minimum Gasteiger partial charge on any atom is -0.480 e. The number of hydrogen-bond donors (Lipinski definition) is 2. The Bertz CT molecular complexity index is 377. The lowest BCUT2D eigenvalue weighted by molar-refractivity contribution is -0.384. The first-order valence-electron chi connectivity index (χ1n) is 3.75. The normalized spacial score (nSPS) is 12.1. The Morgan fingerprint density at radius 2 is 2.21 bits per heavy atom. The molecular formula is C8H8N2O4. The average molecular weight is 196 g/mol. The van der Waals surface area contributed by atoms with Crippen LogP contribution in [-0.4, -0.2) is 16.0 Å². The Morgan fingerprint density at radius 3 is 2.71 bits per heavy atom. The largest absolute Gasteiger partial charge is 0.480 e. The van der Waals surface area contributed by atoms with Gasteiger partial charge in [0.15, 0.2) is 0 Å². The zero-order valence-corrected chi connectivity index (χ0v) is 7.08. The molecule has 0 saturated carbocycles. The fraction of sp³-hybridized carbons (Fsp3) is 0.125. The van der Waals surface area contributed by atoms with Crippen LogP contribution in [0.2, 0.25) is 0 Å². The van der Waals surface area contributed by atoms with E-state index in [0.29, 0.717) is 0 Å². The summed E-state index contributed by atoms with van der Waals surface area (Å²) in [4.78, 5) is 20.2. The van der Waals surface area contributed by atoms with Crippen molar-refractivity contribution in [3.8, 4) is 0 Å². The van der Waals surface area contributed by atoms with Crippen molar-refractivity contribution in [2.45, 2.75) is 6.04 Å². The summed E-state index contributed by atoms with van der Waals surface area (Å²) >= 11 is 0. The average Bonchev–Trinajstić information content (AvgIpc) is 2.16. The van der Waals surface area contributed by atoms with E-state index in [0.717, 1.165) is 6.07 Å². The number of carboxylic acids is 1. The summed E-state index contributed by atoms with van der Waals surface area (Å²) in [5.74, 6) is -1.22. The minimum atomic E-state index is -1.23. The van der Waals surface area contributed by atoms with Crippen molar-refractivity contribution in [1.82, 2.24) is 0 Å². The first-order valence-corrected chi connectivity index (χ1v) is 3.75. The standard InChI is InChI=1S/C8H8N2O4/c9-7(8(11)12)5-2-1-3-6(4-5)10(13)14/h1-4,7H,9H2,(H,11,12). The van der Waals surface area contributed by atoms with Crippen molar-refractivity contribution < 1.29 is 14.8 Å². The first-order chi connectivity index (χ1) is 6.52. The van der Waals surface area contributed by atoms with Gasteiger partial charge in [-0.2, -0.15) is 0 Å². The molecule has 0 bridgehead atoms. The molecule has 0 aliphatic heterocycles. The van der Waals surface area contributed by atoms with Crippen LogP contribution in [0.4, 0.5) is 5.69 Å². The van der Waals surface area contributed by atoms with Crippen LogP contribution in [0.1, 0.15) is 11.6 Å². The Morgan fingerprint density at radius 1 is 1.57 bits per heavy atom. The number of hydrogen-bond acceptors (Lipinski definition) is 4. The van der Waals surface area contributed by atoms with Gasteiger partial charge in [0.25, 0.3) is 5.69 Å². The number of nitrogens with two attached hydrogens (primary N) is 1. The van der Waals surface area contributed by atoms with Crippen molar-refractivity contribution in [3.05, 3.63) is 39.9 Å². The SMILES string of the molecule is NC(C(=O)O)c1cccc([N+](=O)[O-])c1. The molecule has 14 heavy (non-hydrogen) atoms. The summed E-state index contributed by atoms with van der Waals surface area (Å²) in [5, 5.41) is 18.9. The van der Waals surface area contributed by atoms with Crippen LogP contribution in [0, 0.1) is 10.1 Å². The molecule has 74 valence electrons. The fourth-order valence-corrected chi connectivity index (χ4v) is 0.974. The number of nitrogens with zero attached hydrogens (tertiary/aromatic N) is 1. The second-order valence-electron chi connectivity index (χ2n) is 2.67.